The lowest BCUT2D eigenvalue weighted by molar-refractivity contribution is 0.247. The molecule has 0 saturated heterocycles. The largest absolute Gasteiger partial charge is 0.374 e. The maximum absolute atomic E-state index is 2.64. The van der Waals surface area contributed by atoms with Crippen LogP contribution < -0.4 is 0 Å². The van der Waals surface area contributed by atoms with E-state index in [-0.39, 0.29) is 0 Å². The number of hydrogen-bond donors (Lipinski definition) is 0. The third-order valence-electron chi connectivity index (χ3n) is 3.93. The highest BCUT2D eigenvalue weighted by atomic mass is 28.3. The van der Waals surface area contributed by atoms with Crippen molar-refractivity contribution in [3.8, 4) is 0 Å². The molecular formula is C18H31NSi. The van der Waals surface area contributed by atoms with Gasteiger partial charge in [0.15, 0.2) is 0 Å². The van der Waals surface area contributed by atoms with E-state index in [0.717, 1.165) is 0 Å². The number of rotatable bonds is 7. The predicted molar refractivity (Wildman–Crippen MR) is 94.6 cm³/mol. The van der Waals surface area contributed by atoms with E-state index in [4.69, 9.17) is 0 Å². The monoisotopic (exact) mass is 289 g/mol. The van der Waals surface area contributed by atoms with Crippen molar-refractivity contribution >= 4 is 14.9 Å². The lowest BCUT2D eigenvalue weighted by atomic mass is 10.2. The predicted octanol–water partition coefficient (Wildman–Crippen LogP) is 4.95. The molecule has 0 bridgehead atoms. The summed E-state index contributed by atoms with van der Waals surface area (Å²) in [4.78, 5) is 2.64. The highest BCUT2D eigenvalue weighted by Gasteiger charge is 2.23. The second-order valence-corrected chi connectivity index (χ2v) is 9.71. The zero-order valence-electron chi connectivity index (χ0n) is 14.1. The molecule has 0 fully saturated rings. The molecule has 0 aliphatic carbocycles. The molecule has 0 aliphatic heterocycles. The van der Waals surface area contributed by atoms with Crippen molar-refractivity contribution in [2.45, 2.75) is 65.7 Å². The Kier molecular flexibility index (Phi) is 7.07. The molecule has 112 valence electrons. The summed E-state index contributed by atoms with van der Waals surface area (Å²) in [6, 6.07) is 14.6. The molecule has 0 spiro atoms. The van der Waals surface area contributed by atoms with Crippen LogP contribution in [0.2, 0.25) is 12.1 Å². The van der Waals surface area contributed by atoms with E-state index in [1.807, 2.05) is 0 Å². The van der Waals surface area contributed by atoms with Gasteiger partial charge in [-0.1, -0.05) is 56.3 Å². The first-order valence-electron chi connectivity index (χ1n) is 8.06. The molecule has 0 unspecified atom stereocenters. The van der Waals surface area contributed by atoms with Crippen molar-refractivity contribution in [3.05, 3.63) is 41.2 Å². The lowest BCUT2D eigenvalue weighted by Gasteiger charge is -2.38. The topological polar surface area (TPSA) is 3.24 Å². The van der Waals surface area contributed by atoms with Crippen molar-refractivity contribution in [2.75, 3.05) is 0 Å². The van der Waals surface area contributed by atoms with E-state index in [1.165, 1.54) is 17.7 Å². The fraction of sp³-hybridized carbons (Fsp3) is 0.556. The van der Waals surface area contributed by atoms with Gasteiger partial charge >= 0.3 is 0 Å². The molecule has 0 aliphatic rings. The Morgan fingerprint density at radius 3 is 1.90 bits per heavy atom. The molecule has 1 aromatic rings. The van der Waals surface area contributed by atoms with E-state index in [0.29, 0.717) is 12.1 Å². The van der Waals surface area contributed by atoms with Gasteiger partial charge in [-0.3, -0.25) is 0 Å². The smallest absolute Gasteiger partial charge is 0.0907 e. The summed E-state index contributed by atoms with van der Waals surface area (Å²) in [7, 11) is -0.860. The van der Waals surface area contributed by atoms with Crippen LogP contribution in [0.5, 0.6) is 0 Å². The van der Waals surface area contributed by atoms with E-state index in [2.05, 4.69) is 82.9 Å². The molecule has 20 heavy (non-hydrogen) atoms. The summed E-state index contributed by atoms with van der Waals surface area (Å²) in [5.74, 6) is 0. The maximum Gasteiger partial charge on any atom is 0.0907 e. The van der Waals surface area contributed by atoms with Gasteiger partial charge in [0.05, 0.1) is 8.80 Å². The average molecular weight is 290 g/mol. The summed E-state index contributed by atoms with van der Waals surface area (Å²) in [5, 5.41) is 1.63. The van der Waals surface area contributed by atoms with Gasteiger partial charge in [-0.15, -0.1) is 0 Å². The van der Waals surface area contributed by atoms with Crippen LogP contribution in [0, 0.1) is 0 Å². The molecule has 0 atom stereocenters. The van der Waals surface area contributed by atoms with Gasteiger partial charge in [0.25, 0.3) is 0 Å². The molecule has 0 saturated carbocycles. The fourth-order valence-electron chi connectivity index (χ4n) is 3.02. The van der Waals surface area contributed by atoms with Gasteiger partial charge < -0.3 is 4.90 Å². The van der Waals surface area contributed by atoms with Crippen LogP contribution in [-0.2, 0) is 0 Å². The molecule has 0 amide bonds. The van der Waals surface area contributed by atoms with Crippen molar-refractivity contribution in [2.24, 2.45) is 0 Å². The van der Waals surface area contributed by atoms with Crippen LogP contribution in [0.4, 0.5) is 0 Å². The Morgan fingerprint density at radius 1 is 1.00 bits per heavy atom. The minimum absolute atomic E-state index is 0.568. The summed E-state index contributed by atoms with van der Waals surface area (Å²) in [5.41, 5.74) is 1.34. The SMILES string of the molecule is CC[SiH](CC)C(=Cc1ccccc1)N(C(C)C)C(C)C. The summed E-state index contributed by atoms with van der Waals surface area (Å²) in [6.07, 6.45) is 2.45. The Bertz CT molecular complexity index is 397. The molecular weight excluding hydrogens is 258 g/mol. The van der Waals surface area contributed by atoms with Crippen molar-refractivity contribution in [1.82, 2.24) is 4.90 Å². The van der Waals surface area contributed by atoms with Crippen LogP contribution in [0.25, 0.3) is 6.08 Å². The van der Waals surface area contributed by atoms with Crippen molar-refractivity contribution in [1.29, 1.82) is 0 Å². The number of hydrogen-bond acceptors (Lipinski definition) is 1. The van der Waals surface area contributed by atoms with Crippen LogP contribution in [0.3, 0.4) is 0 Å². The van der Waals surface area contributed by atoms with E-state index in [9.17, 15) is 0 Å². The highest BCUT2D eigenvalue weighted by Crippen LogP contribution is 2.23. The van der Waals surface area contributed by atoms with Gasteiger partial charge in [0.2, 0.25) is 0 Å². The summed E-state index contributed by atoms with van der Waals surface area (Å²) < 4.78 is 0. The van der Waals surface area contributed by atoms with Crippen LogP contribution >= 0.6 is 0 Å². The van der Waals surface area contributed by atoms with Gasteiger partial charge in [0.1, 0.15) is 0 Å². The van der Waals surface area contributed by atoms with E-state index < -0.39 is 8.80 Å². The van der Waals surface area contributed by atoms with Crippen LogP contribution in [-0.4, -0.2) is 25.8 Å². The molecule has 0 heterocycles. The second kappa shape index (κ2) is 8.31. The van der Waals surface area contributed by atoms with E-state index >= 15 is 0 Å². The second-order valence-electron chi connectivity index (χ2n) is 6.09. The van der Waals surface area contributed by atoms with Gasteiger partial charge in [-0.25, -0.2) is 0 Å². The quantitative estimate of drug-likeness (QED) is 0.642. The first kappa shape index (κ1) is 17.0. The normalized spacial score (nSPS) is 12.6. The Hall–Kier alpha value is -1.02. The fourth-order valence-corrected chi connectivity index (χ4v) is 5.88. The molecule has 0 N–H and O–H groups in total. The Balaban J connectivity index is 3.23. The van der Waals surface area contributed by atoms with E-state index in [1.54, 1.807) is 5.32 Å². The number of benzene rings is 1. The van der Waals surface area contributed by atoms with Crippen LogP contribution in [0.15, 0.2) is 35.7 Å². The molecule has 1 nitrogen and oxygen atoms in total. The first-order chi connectivity index (χ1) is 9.51. The van der Waals surface area contributed by atoms with Crippen molar-refractivity contribution < 1.29 is 0 Å². The zero-order chi connectivity index (χ0) is 15.1. The standard InChI is InChI=1S/C18H31NSi/c1-7-20(8-2)18(19(15(3)4)16(5)6)14-17-12-10-9-11-13-17/h9-16,20H,7-8H2,1-6H3. The summed E-state index contributed by atoms with van der Waals surface area (Å²) in [6.45, 7) is 14.0. The molecule has 2 heteroatoms. The van der Waals surface area contributed by atoms with Gasteiger partial charge in [-0.2, -0.15) is 0 Å². The maximum atomic E-state index is 2.64. The Labute approximate surface area is 127 Å². The minimum Gasteiger partial charge on any atom is -0.374 e. The minimum atomic E-state index is -0.860. The zero-order valence-corrected chi connectivity index (χ0v) is 15.2. The molecule has 1 rings (SSSR count). The lowest BCUT2D eigenvalue weighted by Crippen LogP contribution is -2.41. The third-order valence-corrected chi connectivity index (χ3v) is 7.20. The molecule has 0 radical (unpaired) electrons. The average Bonchev–Trinajstić information content (AvgIpc) is 2.40. The summed E-state index contributed by atoms with van der Waals surface area (Å²) >= 11 is 0. The molecule has 0 aromatic heterocycles. The van der Waals surface area contributed by atoms with Gasteiger partial charge in [0, 0.05) is 12.1 Å². The van der Waals surface area contributed by atoms with Crippen molar-refractivity contribution in [3.63, 3.8) is 0 Å². The molecule has 1 aromatic carbocycles. The highest BCUT2D eigenvalue weighted by molar-refractivity contribution is 6.67. The number of nitrogens with zero attached hydrogens (tertiary/aromatic N) is 1. The first-order valence-corrected chi connectivity index (χ1v) is 10.3. The van der Waals surface area contributed by atoms with Crippen LogP contribution in [0.1, 0.15) is 47.1 Å². The van der Waals surface area contributed by atoms with Gasteiger partial charge in [-0.05, 0) is 44.7 Å². The third kappa shape index (κ3) is 4.52. The Morgan fingerprint density at radius 2 is 1.50 bits per heavy atom.